The van der Waals surface area contributed by atoms with Gasteiger partial charge in [0.1, 0.15) is 18.1 Å². The van der Waals surface area contributed by atoms with Gasteiger partial charge in [-0.1, -0.05) is 91.0 Å². The molecule has 3 aromatic rings. The van der Waals surface area contributed by atoms with Crippen LogP contribution in [0.4, 0.5) is 4.79 Å². The van der Waals surface area contributed by atoms with Crippen LogP contribution < -0.4 is 5.32 Å². The average molecular weight is 432 g/mol. The van der Waals surface area contributed by atoms with Crippen molar-refractivity contribution in [3.63, 3.8) is 0 Å². The first kappa shape index (κ1) is 23.1. The maximum absolute atomic E-state index is 13.3. The first-order valence-corrected chi connectivity index (χ1v) is 10.6. The van der Waals surface area contributed by atoms with E-state index in [1.165, 1.54) is 0 Å². The quantitative estimate of drug-likeness (QED) is 0.482. The highest BCUT2D eigenvalue weighted by atomic mass is 16.6. The zero-order valence-electron chi connectivity index (χ0n) is 18.7. The van der Waals surface area contributed by atoms with Gasteiger partial charge in [-0.05, 0) is 37.5 Å². The van der Waals surface area contributed by atoms with E-state index >= 15 is 0 Å². The van der Waals surface area contributed by atoms with E-state index in [0.29, 0.717) is 0 Å². The van der Waals surface area contributed by atoms with E-state index in [1.54, 1.807) is 0 Å². The summed E-state index contributed by atoms with van der Waals surface area (Å²) in [5.74, 6) is -1.16. The molecule has 3 rings (SSSR count). The normalized spacial score (nSPS) is 13.0. The summed E-state index contributed by atoms with van der Waals surface area (Å²) in [5, 5.41) is 2.91. The molecule has 0 bridgehead atoms. The average Bonchev–Trinajstić information content (AvgIpc) is 2.78. The molecule has 1 amide bonds. The minimum atomic E-state index is -0.748. The number of nitrogens with one attached hydrogen (secondary N) is 1. The van der Waals surface area contributed by atoms with E-state index in [1.807, 2.05) is 112 Å². The molecule has 0 saturated heterocycles. The molecule has 1 N–H and O–H groups in total. The first-order valence-electron chi connectivity index (χ1n) is 10.6. The van der Waals surface area contributed by atoms with Crippen LogP contribution in [-0.4, -0.2) is 17.7 Å². The van der Waals surface area contributed by atoms with E-state index in [9.17, 15) is 9.59 Å². The Labute approximate surface area is 189 Å². The van der Waals surface area contributed by atoms with E-state index in [0.717, 1.165) is 16.7 Å². The topological polar surface area (TPSA) is 64.6 Å². The number of benzene rings is 3. The van der Waals surface area contributed by atoms with Gasteiger partial charge in [-0.15, -0.1) is 0 Å². The summed E-state index contributed by atoms with van der Waals surface area (Å²) >= 11 is 0. The van der Waals surface area contributed by atoms with Gasteiger partial charge in [0.15, 0.2) is 0 Å². The van der Waals surface area contributed by atoms with Gasteiger partial charge >= 0.3 is 12.1 Å². The van der Waals surface area contributed by atoms with Gasteiger partial charge in [-0.2, -0.15) is 0 Å². The van der Waals surface area contributed by atoms with Gasteiger partial charge in [-0.25, -0.2) is 4.79 Å². The summed E-state index contributed by atoms with van der Waals surface area (Å²) in [6.07, 6.45) is -0.604. The standard InChI is InChI=1S/C27H29NO4/c1-27(2,3)32-25(29)23(21-15-9-5-10-16-21)24(22-17-11-6-12-18-22)28-26(30)31-19-20-13-7-4-8-14-20/h4-18,23-24H,19H2,1-3H3,(H,28,30). The molecule has 166 valence electrons. The van der Waals surface area contributed by atoms with Gasteiger partial charge < -0.3 is 14.8 Å². The Bertz CT molecular complexity index is 998. The Morgan fingerprint density at radius 2 is 1.28 bits per heavy atom. The van der Waals surface area contributed by atoms with Crippen LogP contribution in [0, 0.1) is 0 Å². The number of hydrogen-bond acceptors (Lipinski definition) is 4. The van der Waals surface area contributed by atoms with Crippen molar-refractivity contribution in [1.82, 2.24) is 5.32 Å². The van der Waals surface area contributed by atoms with Gasteiger partial charge in [0.2, 0.25) is 0 Å². The Kier molecular flexibility index (Phi) is 7.66. The van der Waals surface area contributed by atoms with Crippen LogP contribution in [0.2, 0.25) is 0 Å². The zero-order chi connectivity index (χ0) is 23.0. The molecule has 2 unspecified atom stereocenters. The number of amides is 1. The maximum atomic E-state index is 13.3. The van der Waals surface area contributed by atoms with Crippen LogP contribution in [0.5, 0.6) is 0 Å². The molecule has 0 saturated carbocycles. The summed E-state index contributed by atoms with van der Waals surface area (Å²) in [6.45, 7) is 5.61. The summed E-state index contributed by atoms with van der Waals surface area (Å²) in [4.78, 5) is 26.1. The molecule has 5 nitrogen and oxygen atoms in total. The molecule has 0 aliphatic heterocycles. The van der Waals surface area contributed by atoms with Crippen molar-refractivity contribution in [1.29, 1.82) is 0 Å². The van der Waals surface area contributed by atoms with Crippen molar-refractivity contribution in [2.75, 3.05) is 0 Å². The highest BCUT2D eigenvalue weighted by Gasteiger charge is 2.36. The van der Waals surface area contributed by atoms with Crippen molar-refractivity contribution in [2.45, 2.75) is 44.9 Å². The molecule has 0 aromatic heterocycles. The molecule has 0 heterocycles. The third kappa shape index (κ3) is 6.71. The summed E-state index contributed by atoms with van der Waals surface area (Å²) in [5.41, 5.74) is 1.74. The van der Waals surface area contributed by atoms with Crippen LogP contribution in [0.1, 0.15) is 49.4 Å². The van der Waals surface area contributed by atoms with Crippen LogP contribution in [-0.2, 0) is 20.9 Å². The number of rotatable bonds is 7. The second-order valence-corrected chi connectivity index (χ2v) is 8.52. The minimum Gasteiger partial charge on any atom is -0.459 e. The number of ether oxygens (including phenoxy) is 2. The van der Waals surface area contributed by atoms with Crippen LogP contribution in [0.15, 0.2) is 91.0 Å². The summed E-state index contributed by atoms with van der Waals surface area (Å²) in [7, 11) is 0. The predicted octanol–water partition coefficient (Wildman–Crippen LogP) is 5.78. The third-order valence-corrected chi connectivity index (χ3v) is 4.80. The number of alkyl carbamates (subject to hydrolysis) is 1. The molecule has 0 radical (unpaired) electrons. The molecule has 0 fully saturated rings. The largest absolute Gasteiger partial charge is 0.459 e. The first-order chi connectivity index (χ1) is 15.3. The molecule has 0 aliphatic carbocycles. The van der Waals surface area contributed by atoms with Crippen molar-refractivity contribution in [3.05, 3.63) is 108 Å². The SMILES string of the molecule is CC(C)(C)OC(=O)C(c1ccccc1)C(NC(=O)OCc1ccccc1)c1ccccc1. The summed E-state index contributed by atoms with van der Waals surface area (Å²) in [6, 6.07) is 27.5. The molecule has 3 aromatic carbocycles. The van der Waals surface area contributed by atoms with Gasteiger partial charge in [0.25, 0.3) is 0 Å². The van der Waals surface area contributed by atoms with Crippen molar-refractivity contribution >= 4 is 12.1 Å². The number of hydrogen-bond donors (Lipinski definition) is 1. The third-order valence-electron chi connectivity index (χ3n) is 4.80. The second-order valence-electron chi connectivity index (χ2n) is 8.52. The number of carbonyl (C=O) groups excluding carboxylic acids is 2. The lowest BCUT2D eigenvalue weighted by Crippen LogP contribution is -2.38. The van der Waals surface area contributed by atoms with E-state index in [4.69, 9.17) is 9.47 Å². The Morgan fingerprint density at radius 3 is 1.81 bits per heavy atom. The highest BCUT2D eigenvalue weighted by molar-refractivity contribution is 5.81. The zero-order valence-corrected chi connectivity index (χ0v) is 18.7. The van der Waals surface area contributed by atoms with Gasteiger partial charge in [-0.3, -0.25) is 4.79 Å². The molecule has 32 heavy (non-hydrogen) atoms. The maximum Gasteiger partial charge on any atom is 0.407 e. The second kappa shape index (κ2) is 10.6. The lowest BCUT2D eigenvalue weighted by molar-refractivity contribution is -0.157. The monoisotopic (exact) mass is 431 g/mol. The van der Waals surface area contributed by atoms with E-state index < -0.39 is 29.6 Å². The fourth-order valence-corrected chi connectivity index (χ4v) is 3.40. The van der Waals surface area contributed by atoms with Crippen molar-refractivity contribution < 1.29 is 19.1 Å². The Morgan fingerprint density at radius 1 is 0.781 bits per heavy atom. The van der Waals surface area contributed by atoms with Crippen molar-refractivity contribution in [2.24, 2.45) is 0 Å². The number of carbonyl (C=O) groups is 2. The summed E-state index contributed by atoms with van der Waals surface area (Å²) < 4.78 is 11.2. The minimum absolute atomic E-state index is 0.136. The molecule has 0 spiro atoms. The van der Waals surface area contributed by atoms with Gasteiger partial charge in [0, 0.05) is 0 Å². The molecule has 0 aliphatic rings. The fourth-order valence-electron chi connectivity index (χ4n) is 3.40. The predicted molar refractivity (Wildman–Crippen MR) is 124 cm³/mol. The lowest BCUT2D eigenvalue weighted by Gasteiger charge is -2.30. The molecule has 2 atom stereocenters. The molecular weight excluding hydrogens is 402 g/mol. The van der Waals surface area contributed by atoms with E-state index in [-0.39, 0.29) is 6.61 Å². The van der Waals surface area contributed by atoms with Crippen LogP contribution in [0.25, 0.3) is 0 Å². The fraction of sp³-hybridized carbons (Fsp3) is 0.259. The smallest absolute Gasteiger partial charge is 0.407 e. The molecule has 5 heteroatoms. The lowest BCUT2D eigenvalue weighted by atomic mass is 9.87. The Balaban J connectivity index is 1.90. The van der Waals surface area contributed by atoms with Crippen molar-refractivity contribution in [3.8, 4) is 0 Å². The molecular formula is C27H29NO4. The highest BCUT2D eigenvalue weighted by Crippen LogP contribution is 2.33. The Hall–Kier alpha value is -3.60. The van der Waals surface area contributed by atoms with Crippen LogP contribution >= 0.6 is 0 Å². The van der Waals surface area contributed by atoms with Crippen LogP contribution in [0.3, 0.4) is 0 Å². The number of esters is 1. The van der Waals surface area contributed by atoms with E-state index in [2.05, 4.69) is 5.32 Å². The van der Waals surface area contributed by atoms with Gasteiger partial charge in [0.05, 0.1) is 6.04 Å².